The summed E-state index contributed by atoms with van der Waals surface area (Å²) < 4.78 is 40.9. The fourth-order valence-corrected chi connectivity index (χ4v) is 3.96. The van der Waals surface area contributed by atoms with Crippen LogP contribution in [0.15, 0.2) is 24.5 Å². The molecule has 2 amide bonds. The van der Waals surface area contributed by atoms with E-state index in [4.69, 9.17) is 5.73 Å². The van der Waals surface area contributed by atoms with E-state index in [0.29, 0.717) is 31.5 Å². The molecule has 1 aromatic carbocycles. The Kier molecular flexibility index (Phi) is 7.06. The molecule has 1 aliphatic rings. The number of benzene rings is 1. The van der Waals surface area contributed by atoms with Gasteiger partial charge in [0.15, 0.2) is 0 Å². The average molecular weight is 467 g/mol. The van der Waals surface area contributed by atoms with Crippen LogP contribution in [0.1, 0.15) is 51.2 Å². The maximum Gasteiger partial charge on any atom is 0.416 e. The topological polar surface area (TPSA) is 119 Å². The highest BCUT2D eigenvalue weighted by atomic mass is 19.4. The minimum atomic E-state index is -4.55. The number of nitrogens with zero attached hydrogens (tertiary/aromatic N) is 5. The van der Waals surface area contributed by atoms with Gasteiger partial charge in [0.2, 0.25) is 11.8 Å². The van der Waals surface area contributed by atoms with Crippen molar-refractivity contribution in [3.05, 3.63) is 35.7 Å². The molecular weight excluding hydrogens is 439 g/mol. The van der Waals surface area contributed by atoms with Gasteiger partial charge < -0.3 is 16.0 Å². The molecule has 1 aromatic heterocycles. The molecule has 33 heavy (non-hydrogen) atoms. The largest absolute Gasteiger partial charge is 0.416 e. The van der Waals surface area contributed by atoms with Crippen molar-refractivity contribution < 1.29 is 22.8 Å². The summed E-state index contributed by atoms with van der Waals surface area (Å²) >= 11 is 0. The Morgan fingerprint density at radius 1 is 1.27 bits per heavy atom. The third-order valence-corrected chi connectivity index (χ3v) is 5.44. The molecule has 0 saturated carbocycles. The van der Waals surface area contributed by atoms with Crippen LogP contribution < -0.4 is 11.1 Å². The van der Waals surface area contributed by atoms with E-state index in [1.54, 1.807) is 0 Å². The van der Waals surface area contributed by atoms with Gasteiger partial charge in [-0.1, -0.05) is 20.8 Å². The molecule has 3 rings (SSSR count). The molecule has 9 nitrogen and oxygen atoms in total. The van der Waals surface area contributed by atoms with Crippen LogP contribution in [0.4, 0.5) is 13.2 Å². The molecule has 2 heterocycles. The Morgan fingerprint density at radius 2 is 2.00 bits per heavy atom. The number of nitrogens with one attached hydrogen (secondary N) is 1. The highest BCUT2D eigenvalue weighted by Crippen LogP contribution is 2.31. The maximum atomic E-state index is 13.2. The smallest absolute Gasteiger partial charge is 0.350 e. The Hall–Kier alpha value is -3.02. The van der Waals surface area contributed by atoms with Gasteiger partial charge in [-0.2, -0.15) is 13.2 Å². The summed E-state index contributed by atoms with van der Waals surface area (Å²) in [5, 5.41) is 13.4. The van der Waals surface area contributed by atoms with Crippen molar-refractivity contribution >= 4 is 11.8 Å². The SMILES string of the molecule is CC(C)(C)CC(N)C(=O)N1CCCC1C(=O)NCc1cc(C(F)(F)F)ccc1-n1cnnn1. The second-order valence-electron chi connectivity index (χ2n) is 9.37. The predicted octanol–water partition coefficient (Wildman–Crippen LogP) is 2.05. The number of amides is 2. The van der Waals surface area contributed by atoms with Crippen LogP contribution in [-0.2, 0) is 22.3 Å². The summed E-state index contributed by atoms with van der Waals surface area (Å²) in [6.45, 7) is 6.15. The fourth-order valence-electron chi connectivity index (χ4n) is 3.96. The van der Waals surface area contributed by atoms with Gasteiger partial charge in [0.25, 0.3) is 0 Å². The number of likely N-dealkylation sites (tertiary alicyclic amines) is 1. The quantitative estimate of drug-likeness (QED) is 0.671. The summed E-state index contributed by atoms with van der Waals surface area (Å²) in [6, 6.07) is 1.68. The normalized spacial score (nSPS) is 17.8. The van der Waals surface area contributed by atoms with Gasteiger partial charge in [0.1, 0.15) is 12.4 Å². The van der Waals surface area contributed by atoms with E-state index < -0.39 is 29.7 Å². The number of carbonyl (C=O) groups is 2. The number of rotatable bonds is 6. The van der Waals surface area contributed by atoms with Crippen molar-refractivity contribution in [1.82, 2.24) is 30.4 Å². The molecule has 3 N–H and O–H groups in total. The summed E-state index contributed by atoms with van der Waals surface area (Å²) in [4.78, 5) is 27.2. The minimum absolute atomic E-state index is 0.150. The fraction of sp³-hybridized carbons (Fsp3) is 0.571. The van der Waals surface area contributed by atoms with Gasteiger partial charge >= 0.3 is 6.18 Å². The zero-order valence-corrected chi connectivity index (χ0v) is 18.8. The first kappa shape index (κ1) is 24.6. The van der Waals surface area contributed by atoms with Crippen LogP contribution >= 0.6 is 0 Å². The Bertz CT molecular complexity index is 987. The lowest BCUT2D eigenvalue weighted by molar-refractivity contribution is -0.140. The molecule has 1 saturated heterocycles. The molecule has 2 atom stereocenters. The van der Waals surface area contributed by atoms with Crippen LogP contribution in [0.3, 0.4) is 0 Å². The van der Waals surface area contributed by atoms with Gasteiger partial charge in [0.05, 0.1) is 17.3 Å². The van der Waals surface area contributed by atoms with Crippen molar-refractivity contribution in [3.63, 3.8) is 0 Å². The number of tetrazole rings is 1. The van der Waals surface area contributed by atoms with E-state index in [1.807, 2.05) is 20.8 Å². The predicted molar refractivity (Wildman–Crippen MR) is 113 cm³/mol. The Labute approximate surface area is 189 Å². The second kappa shape index (κ2) is 9.46. The summed E-state index contributed by atoms with van der Waals surface area (Å²) in [5.74, 6) is -0.736. The molecule has 12 heteroatoms. The first-order valence-electron chi connectivity index (χ1n) is 10.6. The van der Waals surface area contributed by atoms with Gasteiger partial charge in [-0.05, 0) is 58.9 Å². The lowest BCUT2D eigenvalue weighted by atomic mass is 9.88. The number of alkyl halides is 3. The number of hydrogen-bond acceptors (Lipinski definition) is 6. The molecule has 2 aromatic rings. The first-order chi connectivity index (χ1) is 15.4. The monoisotopic (exact) mass is 467 g/mol. The zero-order chi connectivity index (χ0) is 24.4. The molecule has 1 aliphatic heterocycles. The lowest BCUT2D eigenvalue weighted by Crippen LogP contribution is -2.51. The van der Waals surface area contributed by atoms with Crippen molar-refractivity contribution in [1.29, 1.82) is 0 Å². The van der Waals surface area contributed by atoms with E-state index in [9.17, 15) is 22.8 Å². The Balaban J connectivity index is 1.75. The molecule has 0 spiro atoms. The minimum Gasteiger partial charge on any atom is -0.350 e. The van der Waals surface area contributed by atoms with E-state index >= 15 is 0 Å². The number of nitrogens with two attached hydrogens (primary N) is 1. The van der Waals surface area contributed by atoms with Gasteiger partial charge in [-0.25, -0.2) is 4.68 Å². The molecule has 1 fully saturated rings. The number of aromatic nitrogens is 4. The third kappa shape index (κ3) is 6.06. The maximum absolute atomic E-state index is 13.2. The third-order valence-electron chi connectivity index (χ3n) is 5.44. The van der Waals surface area contributed by atoms with Gasteiger partial charge in [0, 0.05) is 13.1 Å². The molecular formula is C21H28F3N7O2. The van der Waals surface area contributed by atoms with Crippen molar-refractivity contribution in [2.24, 2.45) is 11.1 Å². The van der Waals surface area contributed by atoms with Crippen molar-refractivity contribution in [3.8, 4) is 5.69 Å². The highest BCUT2D eigenvalue weighted by Gasteiger charge is 2.37. The van der Waals surface area contributed by atoms with E-state index in [2.05, 4.69) is 20.8 Å². The van der Waals surface area contributed by atoms with Crippen molar-refractivity contribution in [2.75, 3.05) is 6.54 Å². The van der Waals surface area contributed by atoms with Crippen LogP contribution in [0.25, 0.3) is 5.69 Å². The van der Waals surface area contributed by atoms with E-state index in [-0.39, 0.29) is 23.4 Å². The van der Waals surface area contributed by atoms with Crippen LogP contribution in [0.5, 0.6) is 0 Å². The molecule has 0 radical (unpaired) electrons. The Morgan fingerprint density at radius 3 is 2.61 bits per heavy atom. The van der Waals surface area contributed by atoms with E-state index in [1.165, 1.54) is 22.0 Å². The molecule has 0 aliphatic carbocycles. The molecule has 2 unspecified atom stereocenters. The lowest BCUT2D eigenvalue weighted by Gasteiger charge is -2.29. The van der Waals surface area contributed by atoms with Crippen molar-refractivity contribution in [2.45, 2.75) is 64.8 Å². The zero-order valence-electron chi connectivity index (χ0n) is 18.8. The average Bonchev–Trinajstić information content (AvgIpc) is 3.41. The number of carbonyl (C=O) groups excluding carboxylic acids is 2. The number of halogens is 3. The molecule has 0 bridgehead atoms. The summed E-state index contributed by atoms with van der Waals surface area (Å²) in [5.41, 5.74) is 5.58. The van der Waals surface area contributed by atoms with Gasteiger partial charge in [-0.3, -0.25) is 9.59 Å². The van der Waals surface area contributed by atoms with Crippen LogP contribution in [0.2, 0.25) is 0 Å². The van der Waals surface area contributed by atoms with Crippen LogP contribution in [-0.4, -0.2) is 55.5 Å². The van der Waals surface area contributed by atoms with Gasteiger partial charge in [-0.15, -0.1) is 5.10 Å². The van der Waals surface area contributed by atoms with E-state index in [0.717, 1.165) is 12.1 Å². The molecule has 180 valence electrons. The highest BCUT2D eigenvalue weighted by molar-refractivity contribution is 5.90. The standard InChI is InChI=1S/C21H28F3N7O2/c1-20(2,3)10-15(25)19(33)30-8-4-5-17(30)18(32)26-11-13-9-14(21(22,23)24)6-7-16(13)31-12-27-28-29-31/h6-7,9,12,15,17H,4-5,8,10-11,25H2,1-3H3,(H,26,32). The van der Waals surface area contributed by atoms with Crippen LogP contribution in [0, 0.1) is 5.41 Å². The summed E-state index contributed by atoms with van der Waals surface area (Å²) in [7, 11) is 0. The second-order valence-corrected chi connectivity index (χ2v) is 9.37. The first-order valence-corrected chi connectivity index (χ1v) is 10.6. The summed E-state index contributed by atoms with van der Waals surface area (Å²) in [6.07, 6.45) is -1.72. The number of hydrogen-bond donors (Lipinski definition) is 2.